The van der Waals surface area contributed by atoms with E-state index in [4.69, 9.17) is 4.74 Å². The normalized spacial score (nSPS) is 19.0. The number of morpholine rings is 1. The van der Waals surface area contributed by atoms with Gasteiger partial charge in [-0.05, 0) is 43.0 Å². The Bertz CT molecular complexity index is 619. The molecule has 1 aliphatic heterocycles. The average Bonchev–Trinajstić information content (AvgIpc) is 3.16. The SMILES string of the molecule is CC(NCC(C)(O)c1cccs1)c1ccc(N2CCOCC2)cc1. The van der Waals surface area contributed by atoms with Crippen LogP contribution in [0.2, 0.25) is 0 Å². The third kappa shape index (κ3) is 4.16. The van der Waals surface area contributed by atoms with Crippen LogP contribution in [0.5, 0.6) is 0 Å². The summed E-state index contributed by atoms with van der Waals surface area (Å²) in [6.45, 7) is 8.04. The molecule has 0 radical (unpaired) electrons. The second-order valence-corrected chi connectivity index (χ2v) is 7.49. The first-order chi connectivity index (χ1) is 11.6. The smallest absolute Gasteiger partial charge is 0.108 e. The van der Waals surface area contributed by atoms with Crippen molar-refractivity contribution in [1.82, 2.24) is 5.32 Å². The minimum absolute atomic E-state index is 0.190. The predicted octanol–water partition coefficient (Wildman–Crippen LogP) is 3.14. The van der Waals surface area contributed by atoms with E-state index in [0.717, 1.165) is 31.2 Å². The van der Waals surface area contributed by atoms with Crippen LogP contribution in [0.25, 0.3) is 0 Å². The van der Waals surface area contributed by atoms with Crippen LogP contribution in [0.1, 0.15) is 30.3 Å². The minimum Gasteiger partial charge on any atom is -0.383 e. The van der Waals surface area contributed by atoms with E-state index in [-0.39, 0.29) is 6.04 Å². The highest BCUT2D eigenvalue weighted by Crippen LogP contribution is 2.26. The molecule has 0 amide bonds. The first kappa shape index (κ1) is 17.4. The van der Waals surface area contributed by atoms with Gasteiger partial charge in [-0.1, -0.05) is 18.2 Å². The zero-order chi connectivity index (χ0) is 17.0. The molecule has 1 saturated heterocycles. The third-order valence-corrected chi connectivity index (χ3v) is 5.70. The first-order valence-electron chi connectivity index (χ1n) is 8.49. The maximum absolute atomic E-state index is 10.6. The molecule has 1 fully saturated rings. The van der Waals surface area contributed by atoms with Crippen LogP contribution in [0, 0.1) is 0 Å². The standard InChI is InChI=1S/C19H26N2O2S/c1-15(20-14-19(2,22)18-4-3-13-24-18)16-5-7-17(8-6-16)21-9-11-23-12-10-21/h3-8,13,15,20,22H,9-12,14H2,1-2H3. The van der Waals surface area contributed by atoms with Gasteiger partial charge in [-0.15, -0.1) is 11.3 Å². The van der Waals surface area contributed by atoms with Gasteiger partial charge in [-0.2, -0.15) is 0 Å². The molecule has 2 N–H and O–H groups in total. The van der Waals surface area contributed by atoms with Crippen LogP contribution in [0.3, 0.4) is 0 Å². The van der Waals surface area contributed by atoms with Crippen molar-refractivity contribution in [1.29, 1.82) is 0 Å². The highest BCUT2D eigenvalue weighted by atomic mass is 32.1. The molecule has 1 aliphatic rings. The summed E-state index contributed by atoms with van der Waals surface area (Å²) < 4.78 is 5.40. The molecule has 5 heteroatoms. The Balaban J connectivity index is 1.57. The molecule has 0 saturated carbocycles. The topological polar surface area (TPSA) is 44.7 Å². The van der Waals surface area contributed by atoms with Crippen LogP contribution < -0.4 is 10.2 Å². The highest BCUT2D eigenvalue weighted by molar-refractivity contribution is 7.10. The van der Waals surface area contributed by atoms with Crippen LogP contribution in [-0.2, 0) is 10.3 Å². The van der Waals surface area contributed by atoms with Crippen molar-refractivity contribution >= 4 is 17.0 Å². The number of hydrogen-bond acceptors (Lipinski definition) is 5. The molecular weight excluding hydrogens is 320 g/mol. The van der Waals surface area contributed by atoms with E-state index in [1.165, 1.54) is 11.3 Å². The lowest BCUT2D eigenvalue weighted by atomic mass is 10.0. The van der Waals surface area contributed by atoms with E-state index in [9.17, 15) is 5.11 Å². The zero-order valence-corrected chi connectivity index (χ0v) is 15.2. The summed E-state index contributed by atoms with van der Waals surface area (Å²) in [5.41, 5.74) is 1.64. The second kappa shape index (κ2) is 7.66. The van der Waals surface area contributed by atoms with Gasteiger partial charge in [0.25, 0.3) is 0 Å². The van der Waals surface area contributed by atoms with Gasteiger partial charge in [-0.3, -0.25) is 0 Å². The number of thiophene rings is 1. The van der Waals surface area contributed by atoms with Gasteiger partial charge in [-0.25, -0.2) is 0 Å². The zero-order valence-electron chi connectivity index (χ0n) is 14.4. The van der Waals surface area contributed by atoms with Gasteiger partial charge in [0.15, 0.2) is 0 Å². The Morgan fingerprint density at radius 1 is 1.25 bits per heavy atom. The highest BCUT2D eigenvalue weighted by Gasteiger charge is 2.24. The lowest BCUT2D eigenvalue weighted by Gasteiger charge is -2.29. The van der Waals surface area contributed by atoms with E-state index < -0.39 is 5.60 Å². The summed E-state index contributed by atoms with van der Waals surface area (Å²) in [4.78, 5) is 3.34. The Morgan fingerprint density at radius 2 is 1.96 bits per heavy atom. The number of nitrogens with zero attached hydrogens (tertiary/aromatic N) is 1. The van der Waals surface area contributed by atoms with E-state index >= 15 is 0 Å². The lowest BCUT2D eigenvalue weighted by molar-refractivity contribution is 0.0581. The van der Waals surface area contributed by atoms with Crippen LogP contribution in [-0.4, -0.2) is 38.0 Å². The second-order valence-electron chi connectivity index (χ2n) is 6.54. The maximum atomic E-state index is 10.6. The molecule has 2 heterocycles. The largest absolute Gasteiger partial charge is 0.383 e. The summed E-state index contributed by atoms with van der Waals surface area (Å²) in [7, 11) is 0. The molecule has 0 aliphatic carbocycles. The molecule has 2 atom stereocenters. The molecule has 130 valence electrons. The number of aliphatic hydroxyl groups is 1. The fourth-order valence-electron chi connectivity index (χ4n) is 2.94. The van der Waals surface area contributed by atoms with E-state index in [1.54, 1.807) is 11.3 Å². The Morgan fingerprint density at radius 3 is 2.58 bits per heavy atom. The Labute approximate surface area is 148 Å². The maximum Gasteiger partial charge on any atom is 0.108 e. The number of benzene rings is 1. The van der Waals surface area contributed by atoms with Crippen LogP contribution >= 0.6 is 11.3 Å². The summed E-state index contributed by atoms with van der Waals surface area (Å²) in [5, 5.41) is 16.1. The van der Waals surface area contributed by atoms with Crippen LogP contribution in [0.15, 0.2) is 41.8 Å². The predicted molar refractivity (Wildman–Crippen MR) is 99.8 cm³/mol. The molecular formula is C19H26N2O2S. The van der Waals surface area contributed by atoms with Crippen LogP contribution in [0.4, 0.5) is 5.69 Å². The molecule has 2 aromatic rings. The third-order valence-electron chi connectivity index (χ3n) is 4.57. The summed E-state index contributed by atoms with van der Waals surface area (Å²) in [5.74, 6) is 0. The number of rotatable bonds is 6. The van der Waals surface area contributed by atoms with E-state index in [0.29, 0.717) is 6.54 Å². The Kier molecular flexibility index (Phi) is 5.56. The fourth-order valence-corrected chi connectivity index (χ4v) is 3.72. The minimum atomic E-state index is -0.837. The quantitative estimate of drug-likeness (QED) is 0.843. The van der Waals surface area contributed by atoms with Gasteiger partial charge in [0, 0.05) is 36.2 Å². The molecule has 0 spiro atoms. The summed E-state index contributed by atoms with van der Waals surface area (Å²) in [6, 6.07) is 12.8. The van der Waals surface area contributed by atoms with Crippen molar-refractivity contribution in [2.24, 2.45) is 0 Å². The number of hydrogen-bond donors (Lipinski definition) is 2. The van der Waals surface area contributed by atoms with Crippen molar-refractivity contribution in [3.63, 3.8) is 0 Å². The van der Waals surface area contributed by atoms with Crippen molar-refractivity contribution in [2.45, 2.75) is 25.5 Å². The molecule has 1 aromatic heterocycles. The monoisotopic (exact) mass is 346 g/mol. The molecule has 24 heavy (non-hydrogen) atoms. The summed E-state index contributed by atoms with van der Waals surface area (Å²) in [6.07, 6.45) is 0. The lowest BCUT2D eigenvalue weighted by Crippen LogP contribution is -2.36. The Hall–Kier alpha value is -1.40. The van der Waals surface area contributed by atoms with E-state index in [1.807, 2.05) is 24.4 Å². The molecule has 1 aromatic carbocycles. The van der Waals surface area contributed by atoms with Crippen molar-refractivity contribution in [3.05, 3.63) is 52.2 Å². The number of ether oxygens (including phenoxy) is 1. The first-order valence-corrected chi connectivity index (χ1v) is 9.37. The molecule has 3 rings (SSSR count). The number of nitrogens with one attached hydrogen (secondary N) is 1. The molecule has 4 nitrogen and oxygen atoms in total. The van der Waals surface area contributed by atoms with Gasteiger partial charge >= 0.3 is 0 Å². The van der Waals surface area contributed by atoms with Gasteiger partial charge < -0.3 is 20.1 Å². The molecule has 0 bridgehead atoms. The van der Waals surface area contributed by atoms with E-state index in [2.05, 4.69) is 41.4 Å². The van der Waals surface area contributed by atoms with Crippen molar-refractivity contribution in [3.8, 4) is 0 Å². The van der Waals surface area contributed by atoms with Gasteiger partial charge in [0.1, 0.15) is 5.60 Å². The van der Waals surface area contributed by atoms with Gasteiger partial charge in [0.2, 0.25) is 0 Å². The summed E-state index contributed by atoms with van der Waals surface area (Å²) >= 11 is 1.59. The number of anilines is 1. The fraction of sp³-hybridized carbons (Fsp3) is 0.474. The van der Waals surface area contributed by atoms with Crippen molar-refractivity contribution < 1.29 is 9.84 Å². The van der Waals surface area contributed by atoms with Crippen molar-refractivity contribution in [2.75, 3.05) is 37.7 Å². The molecule has 2 unspecified atom stereocenters. The average molecular weight is 346 g/mol. The van der Waals surface area contributed by atoms with Gasteiger partial charge in [0.05, 0.1) is 13.2 Å².